The van der Waals surface area contributed by atoms with Gasteiger partial charge in [-0.05, 0) is 12.3 Å². The number of carbonyl (C=O) groups excluding carboxylic acids is 1. The van der Waals surface area contributed by atoms with Crippen molar-refractivity contribution in [2.24, 2.45) is 5.92 Å². The highest BCUT2D eigenvalue weighted by Gasteiger charge is 2.24. The van der Waals surface area contributed by atoms with E-state index in [0.29, 0.717) is 17.4 Å². The van der Waals surface area contributed by atoms with Crippen LogP contribution in [0.4, 0.5) is 0 Å². The SMILES string of the molecule is CCCCCCCCC(C)CCCCCCCCC(=O)OC(CC(=O)O)C[N+](C)(C)C. The monoisotopic (exact) mass is 442 g/mol. The van der Waals surface area contributed by atoms with E-state index in [1.165, 1.54) is 70.6 Å². The summed E-state index contributed by atoms with van der Waals surface area (Å²) in [7, 11) is 5.91. The van der Waals surface area contributed by atoms with E-state index in [-0.39, 0.29) is 12.4 Å². The molecule has 0 aliphatic rings. The third kappa shape index (κ3) is 21.9. The van der Waals surface area contributed by atoms with Gasteiger partial charge < -0.3 is 14.3 Å². The van der Waals surface area contributed by atoms with Gasteiger partial charge in [-0.3, -0.25) is 9.59 Å². The number of ether oxygens (including phenoxy) is 1. The van der Waals surface area contributed by atoms with Crippen LogP contribution in [-0.4, -0.2) is 55.3 Å². The van der Waals surface area contributed by atoms with Gasteiger partial charge in [0.2, 0.25) is 0 Å². The van der Waals surface area contributed by atoms with E-state index in [4.69, 9.17) is 9.84 Å². The van der Waals surface area contributed by atoms with Gasteiger partial charge in [0, 0.05) is 6.42 Å². The molecule has 0 rings (SSSR count). The third-order valence-electron chi connectivity index (χ3n) is 5.83. The van der Waals surface area contributed by atoms with Crippen molar-refractivity contribution in [3.8, 4) is 0 Å². The van der Waals surface area contributed by atoms with Gasteiger partial charge in [-0.25, -0.2) is 0 Å². The summed E-state index contributed by atoms with van der Waals surface area (Å²) < 4.78 is 6.01. The molecule has 2 atom stereocenters. The molecule has 5 heteroatoms. The minimum Gasteiger partial charge on any atom is -0.481 e. The molecule has 0 aliphatic carbocycles. The fourth-order valence-corrected chi connectivity index (χ4v) is 4.08. The van der Waals surface area contributed by atoms with E-state index < -0.39 is 12.1 Å². The Morgan fingerprint density at radius 3 is 1.77 bits per heavy atom. The van der Waals surface area contributed by atoms with Crippen molar-refractivity contribution in [3.63, 3.8) is 0 Å². The molecule has 0 bridgehead atoms. The van der Waals surface area contributed by atoms with E-state index in [1.807, 2.05) is 21.1 Å². The number of carboxylic acid groups (broad SMARTS) is 1. The van der Waals surface area contributed by atoms with Gasteiger partial charge in [0.05, 0.1) is 27.6 Å². The van der Waals surface area contributed by atoms with Crippen LogP contribution >= 0.6 is 0 Å². The van der Waals surface area contributed by atoms with Crippen molar-refractivity contribution in [2.45, 2.75) is 123 Å². The molecule has 0 aliphatic heterocycles. The van der Waals surface area contributed by atoms with Crippen LogP contribution < -0.4 is 0 Å². The quantitative estimate of drug-likeness (QED) is 0.124. The zero-order valence-electron chi connectivity index (χ0n) is 21.3. The number of carboxylic acids is 1. The average molecular weight is 443 g/mol. The van der Waals surface area contributed by atoms with Crippen molar-refractivity contribution < 1.29 is 23.9 Å². The maximum Gasteiger partial charge on any atom is 0.307 e. The van der Waals surface area contributed by atoms with Crippen molar-refractivity contribution in [2.75, 3.05) is 27.7 Å². The fraction of sp³-hybridized carbons (Fsp3) is 0.923. The minimum atomic E-state index is -0.924. The highest BCUT2D eigenvalue weighted by Crippen LogP contribution is 2.18. The summed E-state index contributed by atoms with van der Waals surface area (Å²) in [6.07, 6.45) is 17.6. The number of carbonyl (C=O) groups is 2. The molecule has 0 amide bonds. The van der Waals surface area contributed by atoms with Crippen LogP contribution in [0.2, 0.25) is 0 Å². The molecule has 0 fully saturated rings. The van der Waals surface area contributed by atoms with Crippen LogP contribution in [0.5, 0.6) is 0 Å². The number of likely N-dealkylation sites (N-methyl/N-ethyl adjacent to an activating group) is 1. The first-order valence-electron chi connectivity index (χ1n) is 12.9. The molecule has 5 nitrogen and oxygen atoms in total. The maximum absolute atomic E-state index is 12.1. The van der Waals surface area contributed by atoms with Gasteiger partial charge >= 0.3 is 11.9 Å². The Morgan fingerprint density at radius 1 is 0.806 bits per heavy atom. The number of hydrogen-bond acceptors (Lipinski definition) is 3. The fourth-order valence-electron chi connectivity index (χ4n) is 4.08. The number of quaternary nitrogens is 1. The van der Waals surface area contributed by atoms with Crippen molar-refractivity contribution in [1.82, 2.24) is 0 Å². The summed E-state index contributed by atoms with van der Waals surface area (Å²) >= 11 is 0. The number of rotatable bonds is 21. The van der Waals surface area contributed by atoms with Crippen molar-refractivity contribution >= 4 is 11.9 Å². The second-order valence-electron chi connectivity index (χ2n) is 10.5. The third-order valence-corrected chi connectivity index (χ3v) is 5.83. The van der Waals surface area contributed by atoms with Gasteiger partial charge in [-0.1, -0.05) is 97.3 Å². The van der Waals surface area contributed by atoms with Crippen LogP contribution in [0.3, 0.4) is 0 Å². The van der Waals surface area contributed by atoms with E-state index in [0.717, 1.165) is 25.2 Å². The van der Waals surface area contributed by atoms with Crippen LogP contribution in [0, 0.1) is 5.92 Å². The smallest absolute Gasteiger partial charge is 0.307 e. The summed E-state index contributed by atoms with van der Waals surface area (Å²) in [4.78, 5) is 23.1. The predicted octanol–water partition coefficient (Wildman–Crippen LogP) is 6.59. The summed E-state index contributed by atoms with van der Waals surface area (Å²) in [6.45, 7) is 5.17. The Bertz CT molecular complexity index is 459. The van der Waals surface area contributed by atoms with Gasteiger partial charge in [0.25, 0.3) is 0 Å². The lowest BCUT2D eigenvalue weighted by Gasteiger charge is -2.28. The molecule has 0 aromatic heterocycles. The van der Waals surface area contributed by atoms with E-state index in [9.17, 15) is 9.59 Å². The molecule has 2 unspecified atom stereocenters. The van der Waals surface area contributed by atoms with E-state index in [1.54, 1.807) is 0 Å². The highest BCUT2D eigenvalue weighted by molar-refractivity contribution is 5.71. The molecule has 1 N–H and O–H groups in total. The molecule has 0 aromatic rings. The Morgan fingerprint density at radius 2 is 1.29 bits per heavy atom. The summed E-state index contributed by atoms with van der Waals surface area (Å²) in [5, 5.41) is 9.03. The normalized spacial score (nSPS) is 13.7. The molecule has 0 spiro atoms. The highest BCUT2D eigenvalue weighted by atomic mass is 16.5. The molecular weight excluding hydrogens is 390 g/mol. The molecular formula is C26H52NO4+. The standard InChI is InChI=1S/C26H51NO4/c1-6-7-8-9-12-15-18-23(2)19-16-13-10-11-14-17-20-26(30)31-24(21-25(28)29)22-27(3,4)5/h23-24H,6-22H2,1-5H3/p+1. The zero-order valence-corrected chi connectivity index (χ0v) is 21.3. The van der Waals surface area contributed by atoms with Crippen LogP contribution in [0.1, 0.15) is 117 Å². The van der Waals surface area contributed by atoms with E-state index >= 15 is 0 Å². The lowest BCUT2D eigenvalue weighted by atomic mass is 9.96. The average Bonchev–Trinajstić information content (AvgIpc) is 2.64. The first-order valence-corrected chi connectivity index (χ1v) is 12.9. The molecule has 0 radical (unpaired) electrons. The summed E-state index contributed by atoms with van der Waals surface area (Å²) in [5.41, 5.74) is 0. The molecule has 0 saturated carbocycles. The van der Waals surface area contributed by atoms with Crippen LogP contribution in [0.25, 0.3) is 0 Å². The lowest BCUT2D eigenvalue weighted by molar-refractivity contribution is -0.873. The molecule has 184 valence electrons. The lowest BCUT2D eigenvalue weighted by Crippen LogP contribution is -2.43. The van der Waals surface area contributed by atoms with Gasteiger partial charge in [0.1, 0.15) is 6.54 Å². The van der Waals surface area contributed by atoms with Gasteiger partial charge in [0.15, 0.2) is 6.10 Å². The van der Waals surface area contributed by atoms with Crippen molar-refractivity contribution in [1.29, 1.82) is 0 Å². The Balaban J connectivity index is 3.67. The van der Waals surface area contributed by atoms with E-state index in [2.05, 4.69) is 13.8 Å². The number of hydrogen-bond donors (Lipinski definition) is 1. The molecule has 0 heterocycles. The van der Waals surface area contributed by atoms with Gasteiger partial charge in [-0.15, -0.1) is 0 Å². The summed E-state index contributed by atoms with van der Waals surface area (Å²) in [6, 6.07) is 0. The Labute approximate surface area is 192 Å². The predicted molar refractivity (Wildman–Crippen MR) is 129 cm³/mol. The van der Waals surface area contributed by atoms with Crippen LogP contribution in [-0.2, 0) is 14.3 Å². The summed E-state index contributed by atoms with van der Waals surface area (Å²) in [5.74, 6) is -0.331. The molecule has 31 heavy (non-hydrogen) atoms. The number of aliphatic carboxylic acids is 1. The second kappa shape index (κ2) is 18.5. The van der Waals surface area contributed by atoms with Crippen LogP contribution in [0.15, 0.2) is 0 Å². The molecule has 0 aromatic carbocycles. The largest absolute Gasteiger partial charge is 0.481 e. The zero-order chi connectivity index (χ0) is 23.5. The maximum atomic E-state index is 12.1. The first kappa shape index (κ1) is 29.9. The number of unbranched alkanes of at least 4 members (excludes halogenated alkanes) is 10. The molecule has 0 saturated heterocycles. The Hall–Kier alpha value is -1.10. The van der Waals surface area contributed by atoms with Gasteiger partial charge in [-0.2, -0.15) is 0 Å². The Kier molecular flexibility index (Phi) is 17.8. The minimum absolute atomic E-state index is 0.126. The number of esters is 1. The van der Waals surface area contributed by atoms with Crippen molar-refractivity contribution in [3.05, 3.63) is 0 Å². The topological polar surface area (TPSA) is 63.6 Å². The second-order valence-corrected chi connectivity index (χ2v) is 10.5. The first-order chi connectivity index (χ1) is 14.6. The number of nitrogens with zero attached hydrogens (tertiary/aromatic N) is 1.